The zero-order valence-electron chi connectivity index (χ0n) is 8.69. The lowest BCUT2D eigenvalue weighted by atomic mass is 10.1. The molecule has 2 atom stereocenters. The first-order valence-corrected chi connectivity index (χ1v) is 5.18. The number of rotatable bonds is 2. The molecule has 1 fully saturated rings. The highest BCUT2D eigenvalue weighted by atomic mass is 19.1. The quantitative estimate of drug-likeness (QED) is 0.827. The maximum absolute atomic E-state index is 13.4. The van der Waals surface area contributed by atoms with Crippen molar-refractivity contribution in [3.8, 4) is 6.07 Å². The number of hydrogen-bond donors (Lipinski definition) is 1. The molecule has 1 aromatic heterocycles. The van der Waals surface area contributed by atoms with Gasteiger partial charge in [-0.25, -0.2) is 9.37 Å². The number of ether oxygens (including phenoxy) is 1. The summed E-state index contributed by atoms with van der Waals surface area (Å²) in [4.78, 5) is 4.02. The van der Waals surface area contributed by atoms with Crippen molar-refractivity contribution in [2.75, 3.05) is 11.9 Å². The molecule has 1 saturated heterocycles. The summed E-state index contributed by atoms with van der Waals surface area (Å²) >= 11 is 0. The van der Waals surface area contributed by atoms with E-state index in [1.165, 1.54) is 0 Å². The Morgan fingerprint density at radius 1 is 1.62 bits per heavy atom. The lowest BCUT2D eigenvalue weighted by Crippen LogP contribution is -2.37. The van der Waals surface area contributed by atoms with Gasteiger partial charge in [-0.05, 0) is 25.0 Å². The van der Waals surface area contributed by atoms with Crippen LogP contribution in [0.3, 0.4) is 0 Å². The molecule has 1 aromatic rings. The normalized spacial score (nSPS) is 24.8. The van der Waals surface area contributed by atoms with E-state index >= 15 is 0 Å². The minimum Gasteiger partial charge on any atom is -0.361 e. The zero-order valence-corrected chi connectivity index (χ0v) is 8.69. The van der Waals surface area contributed by atoms with E-state index in [9.17, 15) is 4.39 Å². The SMILES string of the molecule is N#Cc1cccnc1NC1CCCOC1F. The van der Waals surface area contributed by atoms with Gasteiger partial charge in [-0.2, -0.15) is 5.26 Å². The van der Waals surface area contributed by atoms with Gasteiger partial charge in [-0.15, -0.1) is 0 Å². The number of nitriles is 1. The van der Waals surface area contributed by atoms with Gasteiger partial charge in [0.25, 0.3) is 0 Å². The predicted octanol–water partition coefficient (Wildman–Crippen LogP) is 1.84. The molecule has 0 saturated carbocycles. The highest BCUT2D eigenvalue weighted by molar-refractivity contribution is 5.51. The summed E-state index contributed by atoms with van der Waals surface area (Å²) in [6.07, 6.45) is 1.73. The summed E-state index contributed by atoms with van der Waals surface area (Å²) in [7, 11) is 0. The first-order valence-electron chi connectivity index (χ1n) is 5.18. The fourth-order valence-corrected chi connectivity index (χ4v) is 1.67. The molecule has 2 heterocycles. The number of alkyl halides is 1. The van der Waals surface area contributed by atoms with Crippen molar-refractivity contribution < 1.29 is 9.13 Å². The topological polar surface area (TPSA) is 57.9 Å². The average molecular weight is 221 g/mol. The summed E-state index contributed by atoms with van der Waals surface area (Å²) in [5, 5.41) is 11.8. The second-order valence-electron chi connectivity index (χ2n) is 3.63. The Balaban J connectivity index is 2.11. The zero-order chi connectivity index (χ0) is 11.4. The monoisotopic (exact) mass is 221 g/mol. The van der Waals surface area contributed by atoms with Crippen LogP contribution in [-0.4, -0.2) is 24.0 Å². The standard InChI is InChI=1S/C11H12FN3O/c12-10-9(4-2-6-16-10)15-11-8(7-13)3-1-5-14-11/h1,3,5,9-10H,2,4,6H2,(H,14,15). The Hall–Kier alpha value is -1.67. The van der Waals surface area contributed by atoms with Crippen LogP contribution in [0.2, 0.25) is 0 Å². The first-order chi connectivity index (χ1) is 7.81. The van der Waals surface area contributed by atoms with E-state index in [-0.39, 0.29) is 0 Å². The van der Waals surface area contributed by atoms with E-state index in [1.807, 2.05) is 6.07 Å². The van der Waals surface area contributed by atoms with E-state index < -0.39 is 12.4 Å². The predicted molar refractivity (Wildman–Crippen MR) is 56.4 cm³/mol. The second-order valence-corrected chi connectivity index (χ2v) is 3.63. The van der Waals surface area contributed by atoms with Crippen LogP contribution in [0.25, 0.3) is 0 Å². The van der Waals surface area contributed by atoms with Crippen LogP contribution in [-0.2, 0) is 4.74 Å². The maximum Gasteiger partial charge on any atom is 0.219 e. The van der Waals surface area contributed by atoms with Gasteiger partial charge in [0, 0.05) is 6.20 Å². The Morgan fingerprint density at radius 2 is 2.50 bits per heavy atom. The fourth-order valence-electron chi connectivity index (χ4n) is 1.67. The molecule has 1 aliphatic rings. The molecular weight excluding hydrogens is 209 g/mol. The fraction of sp³-hybridized carbons (Fsp3) is 0.455. The van der Waals surface area contributed by atoms with Gasteiger partial charge >= 0.3 is 0 Å². The number of pyridine rings is 1. The number of nitrogens with zero attached hydrogens (tertiary/aromatic N) is 2. The highest BCUT2D eigenvalue weighted by Gasteiger charge is 2.26. The second kappa shape index (κ2) is 4.90. The van der Waals surface area contributed by atoms with Gasteiger partial charge < -0.3 is 10.1 Å². The molecule has 2 rings (SSSR count). The van der Waals surface area contributed by atoms with Gasteiger partial charge in [0.1, 0.15) is 11.9 Å². The smallest absolute Gasteiger partial charge is 0.219 e. The molecule has 0 radical (unpaired) electrons. The highest BCUT2D eigenvalue weighted by Crippen LogP contribution is 2.20. The Kier molecular flexibility index (Phi) is 3.32. The largest absolute Gasteiger partial charge is 0.361 e. The van der Waals surface area contributed by atoms with Gasteiger partial charge in [-0.1, -0.05) is 0 Å². The molecule has 16 heavy (non-hydrogen) atoms. The average Bonchev–Trinajstić information content (AvgIpc) is 2.33. The molecule has 2 unspecified atom stereocenters. The third-order valence-corrected chi connectivity index (χ3v) is 2.50. The molecule has 5 heteroatoms. The number of halogens is 1. The molecule has 0 aliphatic carbocycles. The lowest BCUT2D eigenvalue weighted by Gasteiger charge is -2.27. The van der Waals surface area contributed by atoms with Crippen LogP contribution < -0.4 is 5.32 Å². The van der Waals surface area contributed by atoms with E-state index in [1.54, 1.807) is 18.3 Å². The maximum atomic E-state index is 13.4. The number of nitrogens with one attached hydrogen (secondary N) is 1. The Morgan fingerprint density at radius 3 is 3.25 bits per heavy atom. The lowest BCUT2D eigenvalue weighted by molar-refractivity contribution is -0.0758. The van der Waals surface area contributed by atoms with Crippen LogP contribution >= 0.6 is 0 Å². The summed E-state index contributed by atoms with van der Waals surface area (Å²) in [6.45, 7) is 0.451. The van der Waals surface area contributed by atoms with Crippen molar-refractivity contribution in [1.82, 2.24) is 4.98 Å². The van der Waals surface area contributed by atoms with Crippen LogP contribution in [0.1, 0.15) is 18.4 Å². The van der Waals surface area contributed by atoms with Crippen LogP contribution in [0.4, 0.5) is 10.2 Å². The summed E-state index contributed by atoms with van der Waals surface area (Å²) < 4.78 is 18.3. The molecule has 0 aromatic carbocycles. The van der Waals surface area contributed by atoms with Crippen molar-refractivity contribution in [2.24, 2.45) is 0 Å². The van der Waals surface area contributed by atoms with Gasteiger partial charge in [0.15, 0.2) is 0 Å². The van der Waals surface area contributed by atoms with Gasteiger partial charge in [0.05, 0.1) is 18.2 Å². The number of hydrogen-bond acceptors (Lipinski definition) is 4. The molecular formula is C11H12FN3O. The number of aromatic nitrogens is 1. The van der Waals surface area contributed by atoms with Crippen LogP contribution in [0.15, 0.2) is 18.3 Å². The van der Waals surface area contributed by atoms with Crippen molar-refractivity contribution in [1.29, 1.82) is 5.26 Å². The van der Waals surface area contributed by atoms with Crippen LogP contribution in [0.5, 0.6) is 0 Å². The molecule has 1 N–H and O–H groups in total. The molecule has 0 bridgehead atoms. The minimum atomic E-state index is -1.33. The Bertz CT molecular complexity index is 404. The van der Waals surface area contributed by atoms with Crippen LogP contribution in [0, 0.1) is 11.3 Å². The molecule has 4 nitrogen and oxygen atoms in total. The van der Waals surface area contributed by atoms with Crippen molar-refractivity contribution in [3.05, 3.63) is 23.9 Å². The minimum absolute atomic E-state index is 0.417. The van der Waals surface area contributed by atoms with E-state index in [0.29, 0.717) is 24.4 Å². The van der Waals surface area contributed by atoms with Crippen molar-refractivity contribution >= 4 is 5.82 Å². The summed E-state index contributed by atoms with van der Waals surface area (Å²) in [5.74, 6) is 0.420. The van der Waals surface area contributed by atoms with E-state index in [4.69, 9.17) is 10.00 Å². The molecule has 84 valence electrons. The summed E-state index contributed by atoms with van der Waals surface area (Å²) in [6, 6.07) is 4.91. The molecule has 1 aliphatic heterocycles. The third kappa shape index (κ3) is 2.28. The first kappa shape index (κ1) is 10.8. The van der Waals surface area contributed by atoms with E-state index in [0.717, 1.165) is 6.42 Å². The molecule has 0 spiro atoms. The Labute approximate surface area is 93.1 Å². The molecule has 0 amide bonds. The summed E-state index contributed by atoms with van der Waals surface area (Å²) in [5.41, 5.74) is 0.417. The van der Waals surface area contributed by atoms with Gasteiger partial charge in [-0.3, -0.25) is 0 Å². The van der Waals surface area contributed by atoms with Crippen molar-refractivity contribution in [2.45, 2.75) is 25.2 Å². The van der Waals surface area contributed by atoms with E-state index in [2.05, 4.69) is 10.3 Å². The number of anilines is 1. The van der Waals surface area contributed by atoms with Gasteiger partial charge in [0.2, 0.25) is 6.36 Å². The van der Waals surface area contributed by atoms with Crippen molar-refractivity contribution in [3.63, 3.8) is 0 Å². The third-order valence-electron chi connectivity index (χ3n) is 2.50.